The lowest BCUT2D eigenvalue weighted by Gasteiger charge is -2.42. The number of aromatic nitrogens is 1. The predicted octanol–water partition coefficient (Wildman–Crippen LogP) is 1.46. The number of amides is 2. The van der Waals surface area contributed by atoms with Gasteiger partial charge < -0.3 is 9.80 Å². The van der Waals surface area contributed by atoms with E-state index in [4.69, 9.17) is 11.6 Å². The zero-order valence-corrected chi connectivity index (χ0v) is 11.8. The second-order valence-corrected chi connectivity index (χ2v) is 5.67. The van der Waals surface area contributed by atoms with Crippen molar-refractivity contribution in [3.05, 3.63) is 29.0 Å². The quantitative estimate of drug-likeness (QED) is 0.776. The third kappa shape index (κ3) is 2.50. The van der Waals surface area contributed by atoms with E-state index in [1.807, 2.05) is 6.07 Å². The highest BCUT2D eigenvalue weighted by Crippen LogP contribution is 2.24. The number of hydrogen-bond donors (Lipinski definition) is 0. The summed E-state index contributed by atoms with van der Waals surface area (Å²) in [7, 11) is 0. The molecule has 3 heterocycles. The maximum absolute atomic E-state index is 12.5. The van der Waals surface area contributed by atoms with Gasteiger partial charge in [0, 0.05) is 19.3 Å². The van der Waals surface area contributed by atoms with Gasteiger partial charge in [0.15, 0.2) is 0 Å². The average Bonchev–Trinajstić information content (AvgIpc) is 2.45. The number of carbonyl (C=O) groups excluding carboxylic acids is 2. The van der Waals surface area contributed by atoms with Crippen LogP contribution in [0.5, 0.6) is 0 Å². The van der Waals surface area contributed by atoms with Crippen molar-refractivity contribution in [1.82, 2.24) is 14.8 Å². The normalized spacial score (nSPS) is 22.9. The Balaban J connectivity index is 1.77. The Hall–Kier alpha value is -1.62. The minimum Gasteiger partial charge on any atom is -0.329 e. The summed E-state index contributed by atoms with van der Waals surface area (Å²) in [6.45, 7) is 1.29. The smallest absolute Gasteiger partial charge is 0.246 e. The number of halogens is 1. The number of piperazine rings is 1. The fraction of sp³-hybridized carbons (Fsp3) is 0.500. The summed E-state index contributed by atoms with van der Waals surface area (Å²) in [6.07, 6.45) is 4.39. The molecule has 20 heavy (non-hydrogen) atoms. The molecule has 5 nitrogen and oxygen atoms in total. The summed E-state index contributed by atoms with van der Waals surface area (Å²) in [4.78, 5) is 31.9. The molecular formula is C14H16ClN3O2. The molecule has 2 fully saturated rings. The Bertz CT molecular complexity index is 549. The van der Waals surface area contributed by atoms with Crippen LogP contribution in [-0.4, -0.2) is 45.7 Å². The minimum absolute atomic E-state index is 0.0504. The Morgan fingerprint density at radius 2 is 2.20 bits per heavy atom. The minimum atomic E-state index is -0.262. The lowest BCUT2D eigenvalue weighted by Crippen LogP contribution is -2.60. The van der Waals surface area contributed by atoms with E-state index in [1.165, 1.54) is 0 Å². The number of rotatable bonds is 2. The molecule has 1 atom stereocenters. The third-order valence-corrected chi connectivity index (χ3v) is 4.12. The SMILES string of the molecule is O=C1C2CCCCN2C(=O)CN1Cc1ccnc(Cl)c1. The van der Waals surface area contributed by atoms with Gasteiger partial charge in [-0.25, -0.2) is 4.98 Å². The van der Waals surface area contributed by atoms with Gasteiger partial charge in [0.1, 0.15) is 17.7 Å². The summed E-state index contributed by atoms with van der Waals surface area (Å²) in [5.74, 6) is 0.103. The first-order chi connectivity index (χ1) is 9.65. The van der Waals surface area contributed by atoms with E-state index in [2.05, 4.69) is 4.98 Å². The molecule has 2 saturated heterocycles. The van der Waals surface area contributed by atoms with Crippen molar-refractivity contribution in [2.24, 2.45) is 0 Å². The van der Waals surface area contributed by atoms with Gasteiger partial charge in [-0.2, -0.15) is 0 Å². The summed E-state index contributed by atoms with van der Waals surface area (Å²) in [5.41, 5.74) is 0.899. The van der Waals surface area contributed by atoms with E-state index in [-0.39, 0.29) is 24.4 Å². The van der Waals surface area contributed by atoms with Gasteiger partial charge in [-0.1, -0.05) is 11.6 Å². The topological polar surface area (TPSA) is 53.5 Å². The second-order valence-electron chi connectivity index (χ2n) is 5.28. The van der Waals surface area contributed by atoms with Crippen LogP contribution in [0.2, 0.25) is 5.15 Å². The first-order valence-electron chi connectivity index (χ1n) is 6.84. The molecule has 0 saturated carbocycles. The monoisotopic (exact) mass is 293 g/mol. The first-order valence-corrected chi connectivity index (χ1v) is 7.21. The number of fused-ring (bicyclic) bond motifs is 1. The van der Waals surface area contributed by atoms with Crippen LogP contribution in [0, 0.1) is 0 Å². The van der Waals surface area contributed by atoms with Crippen LogP contribution in [-0.2, 0) is 16.1 Å². The van der Waals surface area contributed by atoms with Crippen molar-refractivity contribution >= 4 is 23.4 Å². The molecule has 0 spiro atoms. The summed E-state index contributed by atoms with van der Waals surface area (Å²) < 4.78 is 0. The molecule has 2 aliphatic heterocycles. The van der Waals surface area contributed by atoms with E-state index in [0.29, 0.717) is 18.2 Å². The average molecular weight is 294 g/mol. The van der Waals surface area contributed by atoms with Gasteiger partial charge in [0.25, 0.3) is 0 Å². The molecule has 0 radical (unpaired) electrons. The first kappa shape index (κ1) is 13.4. The van der Waals surface area contributed by atoms with E-state index in [1.54, 1.807) is 22.1 Å². The maximum atomic E-state index is 12.5. The second kappa shape index (κ2) is 5.40. The van der Waals surface area contributed by atoms with Gasteiger partial charge in [0.05, 0.1) is 0 Å². The molecule has 0 N–H and O–H groups in total. The lowest BCUT2D eigenvalue weighted by atomic mass is 9.98. The summed E-state index contributed by atoms with van der Waals surface area (Å²) in [6, 6.07) is 3.28. The van der Waals surface area contributed by atoms with Crippen LogP contribution in [0.1, 0.15) is 24.8 Å². The van der Waals surface area contributed by atoms with Gasteiger partial charge >= 0.3 is 0 Å². The highest BCUT2D eigenvalue weighted by molar-refractivity contribution is 6.29. The summed E-state index contributed by atoms with van der Waals surface area (Å²) >= 11 is 5.85. The van der Waals surface area contributed by atoms with Crippen molar-refractivity contribution in [2.45, 2.75) is 31.8 Å². The molecule has 1 aromatic rings. The fourth-order valence-electron chi connectivity index (χ4n) is 2.92. The zero-order valence-electron chi connectivity index (χ0n) is 11.1. The molecule has 0 aromatic carbocycles. The predicted molar refractivity (Wildman–Crippen MR) is 74.0 cm³/mol. The molecule has 6 heteroatoms. The number of nitrogens with zero attached hydrogens (tertiary/aromatic N) is 3. The molecule has 0 bridgehead atoms. The largest absolute Gasteiger partial charge is 0.329 e. The Morgan fingerprint density at radius 1 is 1.35 bits per heavy atom. The molecule has 2 amide bonds. The molecule has 106 valence electrons. The van der Waals surface area contributed by atoms with Gasteiger partial charge in [0.2, 0.25) is 11.8 Å². The Labute approximate surface area is 122 Å². The fourth-order valence-corrected chi connectivity index (χ4v) is 3.12. The summed E-state index contributed by atoms with van der Waals surface area (Å²) in [5, 5.41) is 0.401. The number of hydrogen-bond acceptors (Lipinski definition) is 3. The van der Waals surface area contributed by atoms with Crippen LogP contribution in [0.4, 0.5) is 0 Å². The highest BCUT2D eigenvalue weighted by atomic mass is 35.5. The number of piperidine rings is 1. The van der Waals surface area contributed by atoms with Crippen molar-refractivity contribution in [1.29, 1.82) is 0 Å². The van der Waals surface area contributed by atoms with E-state index >= 15 is 0 Å². The molecule has 0 aliphatic carbocycles. The van der Waals surface area contributed by atoms with Crippen molar-refractivity contribution in [3.63, 3.8) is 0 Å². The molecular weight excluding hydrogens is 278 g/mol. The lowest BCUT2D eigenvalue weighted by molar-refractivity contribution is -0.158. The van der Waals surface area contributed by atoms with Gasteiger partial charge in [-0.05, 0) is 37.0 Å². The van der Waals surface area contributed by atoms with Crippen LogP contribution in [0.3, 0.4) is 0 Å². The Kier molecular flexibility index (Phi) is 3.61. The van der Waals surface area contributed by atoms with Crippen LogP contribution in [0.25, 0.3) is 0 Å². The van der Waals surface area contributed by atoms with Gasteiger partial charge in [-0.3, -0.25) is 9.59 Å². The zero-order chi connectivity index (χ0) is 14.1. The van der Waals surface area contributed by atoms with Crippen molar-refractivity contribution < 1.29 is 9.59 Å². The van der Waals surface area contributed by atoms with E-state index in [0.717, 1.165) is 24.8 Å². The van der Waals surface area contributed by atoms with Crippen molar-refractivity contribution in [3.8, 4) is 0 Å². The maximum Gasteiger partial charge on any atom is 0.246 e. The Morgan fingerprint density at radius 3 is 3.00 bits per heavy atom. The number of pyridine rings is 1. The standard InChI is InChI=1S/C14H16ClN3O2/c15-12-7-10(4-5-16-12)8-17-9-13(19)18-6-2-1-3-11(18)14(17)20/h4-5,7,11H,1-3,6,8-9H2. The molecule has 2 aliphatic rings. The highest BCUT2D eigenvalue weighted by Gasteiger charge is 2.40. The van der Waals surface area contributed by atoms with Crippen LogP contribution >= 0.6 is 11.6 Å². The van der Waals surface area contributed by atoms with E-state index < -0.39 is 0 Å². The molecule has 1 aromatic heterocycles. The molecule has 3 rings (SSSR count). The molecule has 1 unspecified atom stereocenters. The van der Waals surface area contributed by atoms with E-state index in [9.17, 15) is 9.59 Å². The third-order valence-electron chi connectivity index (χ3n) is 3.91. The van der Waals surface area contributed by atoms with Crippen LogP contribution < -0.4 is 0 Å². The van der Waals surface area contributed by atoms with Crippen LogP contribution in [0.15, 0.2) is 18.3 Å². The van der Waals surface area contributed by atoms with Gasteiger partial charge in [-0.15, -0.1) is 0 Å². The number of carbonyl (C=O) groups is 2. The van der Waals surface area contributed by atoms with Crippen molar-refractivity contribution in [2.75, 3.05) is 13.1 Å².